The summed E-state index contributed by atoms with van der Waals surface area (Å²) >= 11 is 0. The van der Waals surface area contributed by atoms with Gasteiger partial charge in [0, 0.05) is 25.9 Å². The molecule has 1 unspecified atom stereocenters. The third kappa shape index (κ3) is 7.03. The fraction of sp³-hybridized carbons (Fsp3) is 0.600. The lowest BCUT2D eigenvalue weighted by molar-refractivity contribution is -0.139. The van der Waals surface area contributed by atoms with Gasteiger partial charge in [0.25, 0.3) is 0 Å². The van der Waals surface area contributed by atoms with Gasteiger partial charge in [-0.25, -0.2) is 9.98 Å². The number of ether oxygens (including phenoxy) is 2. The van der Waals surface area contributed by atoms with Gasteiger partial charge in [-0.15, -0.1) is 0 Å². The molecule has 2 N–H and O–H groups in total. The number of rotatable bonds is 8. The van der Waals surface area contributed by atoms with Crippen LogP contribution in [0.25, 0.3) is 0 Å². The Morgan fingerprint density at radius 3 is 2.79 bits per heavy atom. The predicted octanol–water partition coefficient (Wildman–Crippen LogP) is 2.07. The van der Waals surface area contributed by atoms with Crippen LogP contribution in [0.3, 0.4) is 0 Å². The summed E-state index contributed by atoms with van der Waals surface area (Å²) in [6, 6.07) is 2.20. The molecule has 24 heavy (non-hydrogen) atoms. The first kappa shape index (κ1) is 20.0. The number of methoxy groups -OCH3 is 1. The normalized spacial score (nSPS) is 13.5. The van der Waals surface area contributed by atoms with Crippen LogP contribution in [0.5, 0.6) is 5.88 Å². The first-order chi connectivity index (χ1) is 11.4. The fourth-order valence-corrected chi connectivity index (χ4v) is 1.87. The lowest BCUT2D eigenvalue weighted by Crippen LogP contribution is -2.44. The van der Waals surface area contributed by atoms with Crippen molar-refractivity contribution in [1.82, 2.24) is 15.6 Å². The van der Waals surface area contributed by atoms with Crippen LogP contribution in [-0.4, -0.2) is 50.4 Å². The molecule has 0 aliphatic carbocycles. The van der Waals surface area contributed by atoms with Gasteiger partial charge in [0.2, 0.25) is 5.88 Å². The highest BCUT2D eigenvalue weighted by Gasteiger charge is 2.34. The SMILES string of the molecule is CCNC(=NCCOc1ncccc1C(F)(F)F)NC(C)COC. The summed E-state index contributed by atoms with van der Waals surface area (Å²) < 4.78 is 48.6. The van der Waals surface area contributed by atoms with E-state index in [1.165, 1.54) is 12.3 Å². The van der Waals surface area contributed by atoms with Crippen LogP contribution >= 0.6 is 0 Å². The molecule has 0 amide bonds. The molecule has 1 heterocycles. The Labute approximate surface area is 139 Å². The maximum Gasteiger partial charge on any atom is 0.421 e. The molecule has 136 valence electrons. The molecule has 0 saturated heterocycles. The zero-order valence-corrected chi connectivity index (χ0v) is 14.0. The van der Waals surface area contributed by atoms with Crippen LogP contribution in [0.4, 0.5) is 13.2 Å². The van der Waals surface area contributed by atoms with Crippen molar-refractivity contribution in [3.05, 3.63) is 23.9 Å². The van der Waals surface area contributed by atoms with Gasteiger partial charge in [-0.3, -0.25) is 0 Å². The van der Waals surface area contributed by atoms with E-state index in [4.69, 9.17) is 9.47 Å². The number of aliphatic imine (C=N–C) groups is 1. The Bertz CT molecular complexity index is 524. The molecule has 0 radical (unpaired) electrons. The van der Waals surface area contributed by atoms with E-state index < -0.39 is 17.6 Å². The predicted molar refractivity (Wildman–Crippen MR) is 85.2 cm³/mol. The molecule has 1 aromatic heterocycles. The summed E-state index contributed by atoms with van der Waals surface area (Å²) in [7, 11) is 1.60. The first-order valence-electron chi connectivity index (χ1n) is 7.57. The third-order valence-corrected chi connectivity index (χ3v) is 2.82. The highest BCUT2D eigenvalue weighted by atomic mass is 19.4. The highest BCUT2D eigenvalue weighted by Crippen LogP contribution is 2.34. The van der Waals surface area contributed by atoms with E-state index in [1.54, 1.807) is 7.11 Å². The topological polar surface area (TPSA) is 67.8 Å². The first-order valence-corrected chi connectivity index (χ1v) is 7.57. The van der Waals surface area contributed by atoms with Crippen LogP contribution in [0.2, 0.25) is 0 Å². The lowest BCUT2D eigenvalue weighted by Gasteiger charge is -2.17. The van der Waals surface area contributed by atoms with Crippen molar-refractivity contribution in [2.75, 3.05) is 33.4 Å². The second kappa shape index (κ2) is 9.96. The monoisotopic (exact) mass is 348 g/mol. The molecule has 9 heteroatoms. The van der Waals surface area contributed by atoms with E-state index in [1.807, 2.05) is 13.8 Å². The Morgan fingerprint density at radius 2 is 2.17 bits per heavy atom. The Hall–Kier alpha value is -2.03. The summed E-state index contributed by atoms with van der Waals surface area (Å²) in [4.78, 5) is 7.88. The minimum Gasteiger partial charge on any atom is -0.475 e. The van der Waals surface area contributed by atoms with Gasteiger partial charge in [-0.1, -0.05) is 0 Å². The molecule has 0 bridgehead atoms. The van der Waals surface area contributed by atoms with Crippen molar-refractivity contribution in [3.63, 3.8) is 0 Å². The Kier molecular flexibility index (Phi) is 8.31. The van der Waals surface area contributed by atoms with E-state index in [-0.39, 0.29) is 19.2 Å². The van der Waals surface area contributed by atoms with Gasteiger partial charge in [0.15, 0.2) is 5.96 Å². The number of hydrogen-bond acceptors (Lipinski definition) is 4. The molecule has 6 nitrogen and oxygen atoms in total. The van der Waals surface area contributed by atoms with E-state index >= 15 is 0 Å². The molecule has 0 fully saturated rings. The van der Waals surface area contributed by atoms with Gasteiger partial charge < -0.3 is 20.1 Å². The van der Waals surface area contributed by atoms with Crippen molar-refractivity contribution in [2.24, 2.45) is 4.99 Å². The summed E-state index contributed by atoms with van der Waals surface area (Å²) in [5, 5.41) is 6.15. The number of halogens is 3. The van der Waals surface area contributed by atoms with E-state index in [0.29, 0.717) is 19.1 Å². The molecule has 0 spiro atoms. The van der Waals surface area contributed by atoms with Crippen molar-refractivity contribution in [3.8, 4) is 5.88 Å². The molecular weight excluding hydrogens is 325 g/mol. The van der Waals surface area contributed by atoms with Crippen LogP contribution in [0, 0.1) is 0 Å². The molecule has 1 rings (SSSR count). The quantitative estimate of drug-likeness (QED) is 0.428. The van der Waals surface area contributed by atoms with Crippen molar-refractivity contribution in [1.29, 1.82) is 0 Å². The van der Waals surface area contributed by atoms with Gasteiger partial charge in [-0.2, -0.15) is 13.2 Å². The maximum atomic E-state index is 12.8. The second-order valence-electron chi connectivity index (χ2n) is 4.96. The average molecular weight is 348 g/mol. The Balaban J connectivity index is 2.59. The molecule has 0 saturated carbocycles. The van der Waals surface area contributed by atoms with Crippen LogP contribution in [0.15, 0.2) is 23.3 Å². The Morgan fingerprint density at radius 1 is 1.42 bits per heavy atom. The van der Waals surface area contributed by atoms with Gasteiger partial charge >= 0.3 is 6.18 Å². The zero-order chi connectivity index (χ0) is 18.0. The van der Waals surface area contributed by atoms with Crippen LogP contribution in [0.1, 0.15) is 19.4 Å². The van der Waals surface area contributed by atoms with Crippen LogP contribution < -0.4 is 15.4 Å². The lowest BCUT2D eigenvalue weighted by atomic mass is 10.2. The molecule has 1 atom stereocenters. The summed E-state index contributed by atoms with van der Waals surface area (Å²) in [6.07, 6.45) is -3.25. The fourth-order valence-electron chi connectivity index (χ4n) is 1.87. The number of pyridine rings is 1. The van der Waals surface area contributed by atoms with Gasteiger partial charge in [0.05, 0.1) is 13.2 Å². The molecule has 0 aliphatic heterocycles. The summed E-state index contributed by atoms with van der Waals surface area (Å²) in [5.74, 6) is 0.105. The number of aromatic nitrogens is 1. The number of hydrogen-bond donors (Lipinski definition) is 2. The highest BCUT2D eigenvalue weighted by molar-refractivity contribution is 5.80. The maximum absolute atomic E-state index is 12.8. The molecule has 0 aromatic carbocycles. The third-order valence-electron chi connectivity index (χ3n) is 2.82. The standard InChI is InChI=1S/C15H23F3N4O2/c1-4-19-14(22-11(2)10-23-3)21-8-9-24-13-12(15(16,17)18)6-5-7-20-13/h5-7,11H,4,8-10H2,1-3H3,(H2,19,21,22). The summed E-state index contributed by atoms with van der Waals surface area (Å²) in [5.41, 5.74) is -0.896. The molecule has 1 aromatic rings. The molecule has 0 aliphatic rings. The van der Waals surface area contributed by atoms with Crippen molar-refractivity contribution in [2.45, 2.75) is 26.1 Å². The number of guanidine groups is 1. The van der Waals surface area contributed by atoms with Crippen LogP contribution in [-0.2, 0) is 10.9 Å². The number of alkyl halides is 3. The second-order valence-corrected chi connectivity index (χ2v) is 4.96. The van der Waals surface area contributed by atoms with E-state index in [2.05, 4.69) is 20.6 Å². The number of nitrogens with zero attached hydrogens (tertiary/aromatic N) is 2. The minimum atomic E-state index is -4.50. The largest absolute Gasteiger partial charge is 0.475 e. The zero-order valence-electron chi connectivity index (χ0n) is 14.0. The van der Waals surface area contributed by atoms with Crippen molar-refractivity contribution < 1.29 is 22.6 Å². The summed E-state index contributed by atoms with van der Waals surface area (Å²) in [6.45, 7) is 5.17. The average Bonchev–Trinajstić information content (AvgIpc) is 2.51. The minimum absolute atomic E-state index is 0.0185. The van der Waals surface area contributed by atoms with Gasteiger partial charge in [0.1, 0.15) is 12.2 Å². The van der Waals surface area contributed by atoms with E-state index in [9.17, 15) is 13.2 Å². The van der Waals surface area contributed by atoms with E-state index in [0.717, 1.165) is 6.07 Å². The smallest absolute Gasteiger partial charge is 0.421 e. The van der Waals surface area contributed by atoms with Crippen molar-refractivity contribution >= 4 is 5.96 Å². The molecular formula is C15H23F3N4O2. The van der Waals surface area contributed by atoms with Gasteiger partial charge in [-0.05, 0) is 26.0 Å². The number of nitrogens with one attached hydrogen (secondary N) is 2.